The zero-order valence-electron chi connectivity index (χ0n) is 9.86. The predicted octanol–water partition coefficient (Wildman–Crippen LogP) is 4.71. The number of fused-ring (bicyclic) bond motifs is 1. The molecular formula is C16H9F2O. The Hall–Kier alpha value is -2.42. The lowest BCUT2D eigenvalue weighted by Gasteiger charge is -2.09. The van der Waals surface area contributed by atoms with Gasteiger partial charge < -0.3 is 4.74 Å². The molecule has 3 rings (SSSR count). The molecule has 0 fully saturated rings. The number of halogens is 2. The highest BCUT2D eigenvalue weighted by atomic mass is 19.2. The fraction of sp³-hybridized carbons (Fsp3) is 0. The van der Waals surface area contributed by atoms with Crippen LogP contribution in [0, 0.1) is 17.7 Å². The minimum atomic E-state index is -0.987. The molecule has 19 heavy (non-hydrogen) atoms. The van der Waals surface area contributed by atoms with Crippen LogP contribution in [-0.2, 0) is 0 Å². The second kappa shape index (κ2) is 4.69. The van der Waals surface area contributed by atoms with Crippen LogP contribution in [0.15, 0.2) is 54.6 Å². The first kappa shape index (κ1) is 11.7. The average molecular weight is 255 g/mol. The van der Waals surface area contributed by atoms with Crippen molar-refractivity contribution >= 4 is 10.8 Å². The third-order valence-corrected chi connectivity index (χ3v) is 2.80. The SMILES string of the molecule is Fc1cccc(Oc2cc[c]c3ccccc23)c1F. The van der Waals surface area contributed by atoms with Crippen LogP contribution in [0.4, 0.5) is 8.78 Å². The Morgan fingerprint density at radius 2 is 1.68 bits per heavy atom. The number of hydrogen-bond donors (Lipinski definition) is 0. The van der Waals surface area contributed by atoms with E-state index < -0.39 is 11.6 Å². The Morgan fingerprint density at radius 3 is 2.58 bits per heavy atom. The topological polar surface area (TPSA) is 9.23 Å². The van der Waals surface area contributed by atoms with Crippen molar-refractivity contribution in [3.05, 3.63) is 72.3 Å². The number of ether oxygens (including phenoxy) is 1. The molecule has 0 aliphatic rings. The summed E-state index contributed by atoms with van der Waals surface area (Å²) in [6.07, 6.45) is 0. The van der Waals surface area contributed by atoms with Crippen molar-refractivity contribution < 1.29 is 13.5 Å². The van der Waals surface area contributed by atoms with Gasteiger partial charge >= 0.3 is 0 Å². The quantitative estimate of drug-likeness (QED) is 0.644. The first-order chi connectivity index (χ1) is 9.25. The van der Waals surface area contributed by atoms with Crippen molar-refractivity contribution in [2.24, 2.45) is 0 Å². The molecular weight excluding hydrogens is 246 g/mol. The van der Waals surface area contributed by atoms with Crippen LogP contribution in [0.3, 0.4) is 0 Å². The third-order valence-electron chi connectivity index (χ3n) is 2.80. The molecule has 3 aromatic rings. The Balaban J connectivity index is 2.09. The average Bonchev–Trinajstić information content (AvgIpc) is 2.44. The number of hydrogen-bond acceptors (Lipinski definition) is 1. The molecule has 0 atom stereocenters. The van der Waals surface area contributed by atoms with Crippen molar-refractivity contribution in [2.45, 2.75) is 0 Å². The smallest absolute Gasteiger partial charge is 0.201 e. The first-order valence-electron chi connectivity index (χ1n) is 5.77. The van der Waals surface area contributed by atoms with Gasteiger partial charge in [0.2, 0.25) is 5.82 Å². The van der Waals surface area contributed by atoms with Gasteiger partial charge in [-0.15, -0.1) is 0 Å². The molecule has 0 aliphatic heterocycles. The standard InChI is InChI=1S/C16H9F2O/c17-13-8-4-10-15(16(13)18)19-14-9-3-6-11-5-1-2-7-12(11)14/h1-5,7-10H. The fourth-order valence-corrected chi connectivity index (χ4v) is 1.89. The van der Waals surface area contributed by atoms with Crippen molar-refractivity contribution in [3.63, 3.8) is 0 Å². The summed E-state index contributed by atoms with van der Waals surface area (Å²) in [5, 5.41) is 1.66. The van der Waals surface area contributed by atoms with Gasteiger partial charge in [0.05, 0.1) is 0 Å². The van der Waals surface area contributed by atoms with Gasteiger partial charge in [-0.1, -0.05) is 36.4 Å². The van der Waals surface area contributed by atoms with Gasteiger partial charge in [0.1, 0.15) is 5.75 Å². The highest BCUT2D eigenvalue weighted by Gasteiger charge is 2.11. The van der Waals surface area contributed by atoms with Gasteiger partial charge in [-0.25, -0.2) is 4.39 Å². The Kier molecular flexibility index (Phi) is 2.88. The maximum Gasteiger partial charge on any atom is 0.201 e. The van der Waals surface area contributed by atoms with Gasteiger partial charge in [0.25, 0.3) is 0 Å². The van der Waals surface area contributed by atoms with Gasteiger partial charge in [-0.3, -0.25) is 0 Å². The van der Waals surface area contributed by atoms with E-state index in [1.165, 1.54) is 12.1 Å². The summed E-state index contributed by atoms with van der Waals surface area (Å²) in [4.78, 5) is 0. The lowest BCUT2D eigenvalue weighted by molar-refractivity contribution is 0.419. The Morgan fingerprint density at radius 1 is 0.842 bits per heavy atom. The molecule has 0 amide bonds. The highest BCUT2D eigenvalue weighted by molar-refractivity contribution is 5.87. The molecule has 3 aromatic carbocycles. The van der Waals surface area contributed by atoms with Crippen LogP contribution < -0.4 is 4.74 Å². The van der Waals surface area contributed by atoms with E-state index in [-0.39, 0.29) is 5.75 Å². The molecule has 0 bridgehead atoms. The summed E-state index contributed by atoms with van der Waals surface area (Å²) in [6.45, 7) is 0. The zero-order chi connectivity index (χ0) is 13.2. The van der Waals surface area contributed by atoms with Crippen LogP contribution in [0.5, 0.6) is 11.5 Å². The van der Waals surface area contributed by atoms with Crippen molar-refractivity contribution in [2.75, 3.05) is 0 Å². The molecule has 3 heteroatoms. The molecule has 0 aromatic heterocycles. The lowest BCUT2D eigenvalue weighted by atomic mass is 10.1. The largest absolute Gasteiger partial charge is 0.454 e. The van der Waals surface area contributed by atoms with E-state index in [2.05, 4.69) is 6.07 Å². The van der Waals surface area contributed by atoms with E-state index in [1.807, 2.05) is 24.3 Å². The van der Waals surface area contributed by atoms with Crippen LogP contribution in [0.2, 0.25) is 0 Å². The predicted molar refractivity (Wildman–Crippen MR) is 69.2 cm³/mol. The van der Waals surface area contributed by atoms with Gasteiger partial charge in [0.15, 0.2) is 11.6 Å². The maximum absolute atomic E-state index is 13.6. The van der Waals surface area contributed by atoms with Crippen LogP contribution in [0.1, 0.15) is 0 Å². The molecule has 93 valence electrons. The molecule has 0 saturated heterocycles. The number of rotatable bonds is 2. The molecule has 1 radical (unpaired) electrons. The first-order valence-corrected chi connectivity index (χ1v) is 5.77. The van der Waals surface area contributed by atoms with E-state index in [1.54, 1.807) is 12.1 Å². The molecule has 0 unspecified atom stereocenters. The second-order valence-electron chi connectivity index (χ2n) is 4.04. The Labute approximate surface area is 109 Å². The molecule has 0 N–H and O–H groups in total. The molecule has 0 saturated carbocycles. The molecule has 1 nitrogen and oxygen atoms in total. The summed E-state index contributed by atoms with van der Waals surface area (Å²) in [5.41, 5.74) is 0. The number of benzene rings is 3. The minimum Gasteiger partial charge on any atom is -0.454 e. The maximum atomic E-state index is 13.6. The van der Waals surface area contributed by atoms with Gasteiger partial charge in [-0.2, -0.15) is 4.39 Å². The minimum absolute atomic E-state index is 0.128. The van der Waals surface area contributed by atoms with E-state index >= 15 is 0 Å². The summed E-state index contributed by atoms with van der Waals surface area (Å²) in [7, 11) is 0. The van der Waals surface area contributed by atoms with Crippen LogP contribution >= 0.6 is 0 Å². The summed E-state index contributed by atoms with van der Waals surface area (Å²) in [5.74, 6) is -1.57. The van der Waals surface area contributed by atoms with Crippen molar-refractivity contribution in [3.8, 4) is 11.5 Å². The summed E-state index contributed by atoms with van der Waals surface area (Å²) < 4.78 is 32.2. The van der Waals surface area contributed by atoms with Gasteiger partial charge in [0, 0.05) is 5.39 Å². The third kappa shape index (κ3) is 2.15. The molecule has 0 aliphatic carbocycles. The van der Waals surface area contributed by atoms with Gasteiger partial charge in [-0.05, 0) is 29.7 Å². The van der Waals surface area contributed by atoms with Crippen LogP contribution in [0.25, 0.3) is 10.8 Å². The van der Waals surface area contributed by atoms with E-state index in [4.69, 9.17) is 4.74 Å². The normalized spacial score (nSPS) is 10.6. The van der Waals surface area contributed by atoms with Crippen LogP contribution in [-0.4, -0.2) is 0 Å². The monoisotopic (exact) mass is 255 g/mol. The molecule has 0 spiro atoms. The van der Waals surface area contributed by atoms with E-state index in [0.717, 1.165) is 16.8 Å². The zero-order valence-corrected chi connectivity index (χ0v) is 9.86. The van der Waals surface area contributed by atoms with Crippen molar-refractivity contribution in [1.82, 2.24) is 0 Å². The summed E-state index contributed by atoms with van der Waals surface area (Å²) in [6, 6.07) is 17.7. The second-order valence-corrected chi connectivity index (χ2v) is 4.04. The Bertz CT molecular complexity index is 732. The van der Waals surface area contributed by atoms with E-state index in [0.29, 0.717) is 5.75 Å². The fourth-order valence-electron chi connectivity index (χ4n) is 1.89. The van der Waals surface area contributed by atoms with Crippen molar-refractivity contribution in [1.29, 1.82) is 0 Å². The highest BCUT2D eigenvalue weighted by Crippen LogP contribution is 2.31. The molecule has 0 heterocycles. The lowest BCUT2D eigenvalue weighted by Crippen LogP contribution is -1.92. The summed E-state index contributed by atoms with van der Waals surface area (Å²) >= 11 is 0. The van der Waals surface area contributed by atoms with E-state index in [9.17, 15) is 8.78 Å².